The van der Waals surface area contributed by atoms with E-state index in [2.05, 4.69) is 75.5 Å². The van der Waals surface area contributed by atoms with Gasteiger partial charge in [-0.1, -0.05) is 59.3 Å². The summed E-state index contributed by atoms with van der Waals surface area (Å²) in [5, 5.41) is 3.46. The number of nitrogens with zero attached hydrogens (tertiary/aromatic N) is 1. The molecule has 0 fully saturated rings. The fraction of sp³-hybridized carbons (Fsp3) is 0.368. The number of hydrogen-bond acceptors (Lipinski definition) is 2. The van der Waals surface area contributed by atoms with Crippen molar-refractivity contribution in [1.82, 2.24) is 10.2 Å². The van der Waals surface area contributed by atoms with Gasteiger partial charge in [0, 0.05) is 24.1 Å². The standard InChI is InChI=1S/C19H23BrN2/c1-2-22(14-17-6-3-4-9-19(17)20)13-16-8-5-7-15-12-21-11-10-18(15)16/h3-9,21H,2,10-14H2,1H3. The predicted octanol–water partition coefficient (Wildman–Crippen LogP) is 4.12. The molecular weight excluding hydrogens is 336 g/mol. The minimum Gasteiger partial charge on any atom is -0.312 e. The average molecular weight is 359 g/mol. The van der Waals surface area contributed by atoms with Gasteiger partial charge in [-0.3, -0.25) is 4.90 Å². The second-order valence-corrected chi connectivity index (χ2v) is 6.73. The minimum absolute atomic E-state index is 0.986. The van der Waals surface area contributed by atoms with Gasteiger partial charge in [0.1, 0.15) is 0 Å². The Morgan fingerprint density at radius 1 is 1.05 bits per heavy atom. The first kappa shape index (κ1) is 15.7. The Labute approximate surface area is 141 Å². The molecule has 22 heavy (non-hydrogen) atoms. The molecule has 2 aromatic carbocycles. The maximum atomic E-state index is 3.66. The second kappa shape index (κ2) is 7.40. The van der Waals surface area contributed by atoms with Gasteiger partial charge in [-0.25, -0.2) is 0 Å². The van der Waals surface area contributed by atoms with Crippen LogP contribution < -0.4 is 5.32 Å². The van der Waals surface area contributed by atoms with E-state index >= 15 is 0 Å². The number of nitrogens with one attached hydrogen (secondary N) is 1. The predicted molar refractivity (Wildman–Crippen MR) is 95.8 cm³/mol. The van der Waals surface area contributed by atoms with Crippen LogP contribution in [0.1, 0.15) is 29.2 Å². The SMILES string of the molecule is CCN(Cc1ccccc1Br)Cc1cccc2c1CCNC2. The van der Waals surface area contributed by atoms with Gasteiger partial charge >= 0.3 is 0 Å². The lowest BCUT2D eigenvalue weighted by atomic mass is 9.95. The summed E-state index contributed by atoms with van der Waals surface area (Å²) < 4.78 is 1.20. The van der Waals surface area contributed by atoms with Crippen molar-refractivity contribution in [2.24, 2.45) is 0 Å². The van der Waals surface area contributed by atoms with Gasteiger partial charge < -0.3 is 5.32 Å². The van der Waals surface area contributed by atoms with E-state index in [9.17, 15) is 0 Å². The van der Waals surface area contributed by atoms with E-state index in [1.165, 1.54) is 21.2 Å². The summed E-state index contributed by atoms with van der Waals surface area (Å²) in [5.74, 6) is 0. The number of rotatable bonds is 5. The zero-order valence-electron chi connectivity index (χ0n) is 13.1. The normalized spacial score (nSPS) is 14.1. The van der Waals surface area contributed by atoms with E-state index in [0.717, 1.165) is 39.1 Å². The van der Waals surface area contributed by atoms with Crippen molar-refractivity contribution in [2.45, 2.75) is 33.0 Å². The summed E-state index contributed by atoms with van der Waals surface area (Å²) in [6.07, 6.45) is 1.15. The Morgan fingerprint density at radius 2 is 1.82 bits per heavy atom. The fourth-order valence-electron chi connectivity index (χ4n) is 3.15. The molecule has 0 atom stereocenters. The molecule has 0 radical (unpaired) electrons. The van der Waals surface area contributed by atoms with Crippen LogP contribution in [0.4, 0.5) is 0 Å². The first-order valence-electron chi connectivity index (χ1n) is 8.04. The molecular formula is C19H23BrN2. The molecule has 0 unspecified atom stereocenters. The quantitative estimate of drug-likeness (QED) is 0.864. The van der Waals surface area contributed by atoms with Crippen molar-refractivity contribution in [1.29, 1.82) is 0 Å². The average Bonchev–Trinajstić information content (AvgIpc) is 2.56. The maximum Gasteiger partial charge on any atom is 0.0248 e. The summed E-state index contributed by atoms with van der Waals surface area (Å²) in [5.41, 5.74) is 5.89. The molecule has 1 aliphatic heterocycles. The molecule has 2 nitrogen and oxygen atoms in total. The van der Waals surface area contributed by atoms with E-state index in [1.807, 2.05) is 0 Å². The highest BCUT2D eigenvalue weighted by Crippen LogP contribution is 2.22. The van der Waals surface area contributed by atoms with Crippen LogP contribution in [0.5, 0.6) is 0 Å². The molecule has 0 spiro atoms. The number of fused-ring (bicyclic) bond motifs is 1. The molecule has 1 N–H and O–H groups in total. The van der Waals surface area contributed by atoms with Crippen LogP contribution >= 0.6 is 15.9 Å². The molecule has 2 aromatic rings. The van der Waals surface area contributed by atoms with Crippen molar-refractivity contribution in [3.8, 4) is 0 Å². The van der Waals surface area contributed by atoms with Gasteiger partial charge in [0.05, 0.1) is 0 Å². The summed E-state index contributed by atoms with van der Waals surface area (Å²) in [6, 6.07) is 15.3. The summed E-state index contributed by atoms with van der Waals surface area (Å²) >= 11 is 3.66. The topological polar surface area (TPSA) is 15.3 Å². The van der Waals surface area contributed by atoms with Gasteiger partial charge in [-0.15, -0.1) is 0 Å². The molecule has 116 valence electrons. The van der Waals surface area contributed by atoms with Gasteiger partial charge in [0.25, 0.3) is 0 Å². The fourth-order valence-corrected chi connectivity index (χ4v) is 3.56. The molecule has 0 aromatic heterocycles. The summed E-state index contributed by atoms with van der Waals surface area (Å²) in [4.78, 5) is 2.51. The van der Waals surface area contributed by atoms with Gasteiger partial charge in [0.2, 0.25) is 0 Å². The van der Waals surface area contributed by atoms with E-state index < -0.39 is 0 Å². The number of hydrogen-bond donors (Lipinski definition) is 1. The zero-order chi connectivity index (χ0) is 15.4. The Hall–Kier alpha value is -1.16. The summed E-state index contributed by atoms with van der Waals surface area (Å²) in [7, 11) is 0. The summed E-state index contributed by atoms with van der Waals surface area (Å²) in [6.45, 7) is 7.43. The van der Waals surface area contributed by atoms with E-state index in [4.69, 9.17) is 0 Å². The lowest BCUT2D eigenvalue weighted by molar-refractivity contribution is 0.270. The van der Waals surface area contributed by atoms with Crippen LogP contribution in [0.3, 0.4) is 0 Å². The van der Waals surface area contributed by atoms with Crippen LogP contribution in [-0.4, -0.2) is 18.0 Å². The van der Waals surface area contributed by atoms with Crippen LogP contribution in [-0.2, 0) is 26.1 Å². The Balaban J connectivity index is 1.77. The monoisotopic (exact) mass is 358 g/mol. The molecule has 1 aliphatic rings. The van der Waals surface area contributed by atoms with Crippen molar-refractivity contribution >= 4 is 15.9 Å². The minimum atomic E-state index is 0.986. The molecule has 0 aliphatic carbocycles. The van der Waals surface area contributed by atoms with Gasteiger partial charge in [-0.05, 0) is 47.8 Å². The molecule has 0 amide bonds. The second-order valence-electron chi connectivity index (χ2n) is 5.88. The lowest BCUT2D eigenvalue weighted by Gasteiger charge is -2.25. The Morgan fingerprint density at radius 3 is 2.64 bits per heavy atom. The van der Waals surface area contributed by atoms with E-state index in [0.29, 0.717) is 0 Å². The van der Waals surface area contributed by atoms with Crippen LogP contribution in [0, 0.1) is 0 Å². The zero-order valence-corrected chi connectivity index (χ0v) is 14.7. The third-order valence-electron chi connectivity index (χ3n) is 4.43. The highest BCUT2D eigenvalue weighted by Gasteiger charge is 2.14. The lowest BCUT2D eigenvalue weighted by Crippen LogP contribution is -2.27. The maximum absolute atomic E-state index is 3.66. The highest BCUT2D eigenvalue weighted by atomic mass is 79.9. The first-order valence-corrected chi connectivity index (χ1v) is 8.83. The third kappa shape index (κ3) is 3.60. The smallest absolute Gasteiger partial charge is 0.0248 e. The number of benzene rings is 2. The van der Waals surface area contributed by atoms with E-state index in [-0.39, 0.29) is 0 Å². The van der Waals surface area contributed by atoms with Crippen molar-refractivity contribution < 1.29 is 0 Å². The highest BCUT2D eigenvalue weighted by molar-refractivity contribution is 9.10. The molecule has 0 bridgehead atoms. The van der Waals surface area contributed by atoms with Gasteiger partial charge in [-0.2, -0.15) is 0 Å². The first-order chi connectivity index (χ1) is 10.8. The van der Waals surface area contributed by atoms with Crippen LogP contribution in [0.2, 0.25) is 0 Å². The largest absolute Gasteiger partial charge is 0.312 e. The Kier molecular flexibility index (Phi) is 5.29. The molecule has 3 heteroatoms. The molecule has 0 saturated carbocycles. The van der Waals surface area contributed by atoms with Crippen molar-refractivity contribution in [3.63, 3.8) is 0 Å². The van der Waals surface area contributed by atoms with Crippen molar-refractivity contribution in [3.05, 3.63) is 69.2 Å². The van der Waals surface area contributed by atoms with Crippen LogP contribution in [0.15, 0.2) is 46.9 Å². The van der Waals surface area contributed by atoms with Crippen LogP contribution in [0.25, 0.3) is 0 Å². The molecule has 1 heterocycles. The van der Waals surface area contributed by atoms with Gasteiger partial charge in [0.15, 0.2) is 0 Å². The molecule has 0 saturated heterocycles. The Bertz CT molecular complexity index is 639. The number of halogens is 1. The van der Waals surface area contributed by atoms with Crippen molar-refractivity contribution in [2.75, 3.05) is 13.1 Å². The molecule has 3 rings (SSSR count). The third-order valence-corrected chi connectivity index (χ3v) is 5.20. The van der Waals surface area contributed by atoms with E-state index in [1.54, 1.807) is 5.56 Å².